The van der Waals surface area contributed by atoms with Crippen LogP contribution >= 0.6 is 45.3 Å². The Balaban J connectivity index is 1.25. The average Bonchev–Trinajstić information content (AvgIpc) is 3.84. The predicted molar refractivity (Wildman–Crippen MR) is 189 cm³/mol. The zero-order valence-electron chi connectivity index (χ0n) is 26.5. The van der Waals surface area contributed by atoms with Gasteiger partial charge in [0.05, 0.1) is 21.0 Å². The first-order chi connectivity index (χ1) is 23.5. The van der Waals surface area contributed by atoms with Gasteiger partial charge in [-0.25, -0.2) is 14.8 Å². The number of ether oxygens (including phenoxy) is 1. The highest BCUT2D eigenvalue weighted by Crippen LogP contribution is 2.62. The smallest absolute Gasteiger partial charge is 0.271 e. The molecule has 1 fully saturated rings. The van der Waals surface area contributed by atoms with Crippen molar-refractivity contribution in [3.8, 4) is 21.6 Å². The number of likely N-dealkylation sites (N-methyl/N-ethyl adjacent to an activating group) is 2. The van der Waals surface area contributed by atoms with Crippen molar-refractivity contribution in [3.63, 3.8) is 0 Å². The van der Waals surface area contributed by atoms with Gasteiger partial charge in [0, 0.05) is 30.8 Å². The lowest BCUT2D eigenvalue weighted by Crippen LogP contribution is -2.39. The van der Waals surface area contributed by atoms with E-state index in [2.05, 4.69) is 4.85 Å². The number of carbonyl (C=O) groups excluding carboxylic acids is 4. The number of amides is 4. The van der Waals surface area contributed by atoms with Crippen LogP contribution in [0.25, 0.3) is 45.8 Å². The van der Waals surface area contributed by atoms with Crippen LogP contribution in [0.5, 0.6) is 5.75 Å². The van der Waals surface area contributed by atoms with E-state index in [4.69, 9.17) is 21.3 Å². The van der Waals surface area contributed by atoms with E-state index in [1.54, 1.807) is 37.3 Å². The highest BCUT2D eigenvalue weighted by Gasteiger charge is 2.47. The Morgan fingerprint density at radius 1 is 0.816 bits per heavy atom. The first-order valence-corrected chi connectivity index (χ1v) is 18.6. The normalized spacial score (nSPS) is 20.9. The maximum Gasteiger partial charge on any atom is 0.271 e. The number of fused-ring (bicyclic) bond motifs is 8. The molecule has 0 N–H and O–H groups in total. The molecule has 1 saturated carbocycles. The summed E-state index contributed by atoms with van der Waals surface area (Å²) in [5.41, 5.74) is 1.68. The number of thiophene rings is 2. The number of hydrogen-bond acceptors (Lipinski definition) is 12. The summed E-state index contributed by atoms with van der Waals surface area (Å²) in [5, 5.41) is 10.8. The molecule has 4 aromatic heterocycles. The van der Waals surface area contributed by atoms with E-state index in [0.717, 1.165) is 82.0 Å². The fraction of sp³-hybridized carbons (Fsp3) is 0.294. The van der Waals surface area contributed by atoms with E-state index in [1.807, 2.05) is 6.07 Å². The molecule has 0 bridgehead atoms. The van der Waals surface area contributed by atoms with Gasteiger partial charge < -0.3 is 4.74 Å². The Hall–Kier alpha value is -4.80. The third-order valence-corrected chi connectivity index (χ3v) is 14.1. The van der Waals surface area contributed by atoms with Gasteiger partial charge in [-0.15, -0.1) is 45.3 Å². The largest absolute Gasteiger partial charge is 0.479 e. The fourth-order valence-corrected chi connectivity index (χ4v) is 11.9. The molecular weight excluding hydrogens is 701 g/mol. The van der Waals surface area contributed by atoms with Gasteiger partial charge in [0.1, 0.15) is 41.6 Å². The van der Waals surface area contributed by atoms with Gasteiger partial charge in [-0.1, -0.05) is 6.42 Å². The molecular formula is C34H24N6O5S4. The molecule has 0 unspecified atom stereocenters. The lowest BCUT2D eigenvalue weighted by atomic mass is 9.78. The van der Waals surface area contributed by atoms with Crippen molar-refractivity contribution in [3.05, 3.63) is 60.6 Å². The highest BCUT2D eigenvalue weighted by atomic mass is 32.1. The van der Waals surface area contributed by atoms with Crippen LogP contribution in [0.3, 0.4) is 0 Å². The molecule has 4 aromatic rings. The molecule has 7 heterocycles. The molecule has 0 radical (unpaired) electrons. The monoisotopic (exact) mass is 724 g/mol. The van der Waals surface area contributed by atoms with Gasteiger partial charge in [-0.05, 0) is 62.8 Å². The maximum atomic E-state index is 13.1. The number of nitriles is 1. The van der Waals surface area contributed by atoms with Crippen molar-refractivity contribution < 1.29 is 23.9 Å². The van der Waals surface area contributed by atoms with Gasteiger partial charge in [0.25, 0.3) is 29.3 Å². The van der Waals surface area contributed by atoms with E-state index in [1.165, 1.54) is 48.1 Å². The molecule has 49 heavy (non-hydrogen) atoms. The molecule has 3 aliphatic heterocycles. The predicted octanol–water partition coefficient (Wildman–Crippen LogP) is 7.05. The summed E-state index contributed by atoms with van der Waals surface area (Å²) in [6.45, 7) is 10.7. The summed E-state index contributed by atoms with van der Waals surface area (Å²) in [6.07, 6.45) is 8.14. The molecule has 15 heteroatoms. The van der Waals surface area contributed by atoms with Crippen molar-refractivity contribution >= 4 is 100 Å². The third-order valence-electron chi connectivity index (χ3n) is 9.50. The Labute approximate surface area is 295 Å². The van der Waals surface area contributed by atoms with E-state index in [-0.39, 0.29) is 22.4 Å². The zero-order valence-corrected chi connectivity index (χ0v) is 29.8. The van der Waals surface area contributed by atoms with Crippen molar-refractivity contribution in [1.82, 2.24) is 19.8 Å². The zero-order chi connectivity index (χ0) is 34.5. The Kier molecular flexibility index (Phi) is 7.14. The number of hydrogen-bond donors (Lipinski definition) is 0. The van der Waals surface area contributed by atoms with Crippen LogP contribution in [0.4, 0.5) is 0 Å². The van der Waals surface area contributed by atoms with Crippen molar-refractivity contribution in [1.29, 1.82) is 5.26 Å². The average molecular weight is 725 g/mol. The van der Waals surface area contributed by atoms with Crippen molar-refractivity contribution in [2.24, 2.45) is 0 Å². The molecule has 8 rings (SSSR count). The standard InChI is InChI=1S/C34H24N6O5S4/c1-14-16(30(41)39(4)32(43)18(14)13-35)11-19-37-28-25(46-19)21-24(48-28)26-23(45-34(21)9-7-6-8-10-34)27-29(49-26)38-20(47-27)12-17-15(2)22(36-3)33(44)40(5)31(17)42/h11-12H,6-10H2,1-2,4-5H3/b16-11+,17-12+. The van der Waals surface area contributed by atoms with Crippen LogP contribution in [0.2, 0.25) is 0 Å². The van der Waals surface area contributed by atoms with E-state index in [9.17, 15) is 24.4 Å². The van der Waals surface area contributed by atoms with Crippen LogP contribution in [0.1, 0.15) is 61.5 Å². The van der Waals surface area contributed by atoms with Gasteiger partial charge in [-0.3, -0.25) is 29.0 Å². The number of imide groups is 2. The van der Waals surface area contributed by atoms with Crippen LogP contribution in [-0.4, -0.2) is 57.5 Å². The van der Waals surface area contributed by atoms with Gasteiger partial charge in [-0.2, -0.15) is 5.26 Å². The number of rotatable bonds is 2. The fourth-order valence-electron chi connectivity index (χ4n) is 6.87. The molecule has 0 aromatic carbocycles. The molecule has 11 nitrogen and oxygen atoms in total. The maximum absolute atomic E-state index is 13.1. The first-order valence-electron chi connectivity index (χ1n) is 15.3. The van der Waals surface area contributed by atoms with Crippen LogP contribution < -0.4 is 4.74 Å². The SMILES string of the molecule is [C-]#[N+]C1=C(C)/C(=C\c2nc3sc4c(c3s2)OC2(CCCCC2)c2c-4sc3nc(/C=C4/C(=O)N(C)C(=O)C(C#N)=C4C)sc23)C(=O)N(C)C1=O. The van der Waals surface area contributed by atoms with Gasteiger partial charge in [0.15, 0.2) is 5.75 Å². The van der Waals surface area contributed by atoms with Crippen molar-refractivity contribution in [2.45, 2.75) is 51.6 Å². The van der Waals surface area contributed by atoms with Crippen molar-refractivity contribution in [2.75, 3.05) is 14.1 Å². The van der Waals surface area contributed by atoms with Gasteiger partial charge >= 0.3 is 0 Å². The second-order valence-electron chi connectivity index (χ2n) is 12.2. The molecule has 1 spiro atoms. The Morgan fingerprint density at radius 2 is 1.39 bits per heavy atom. The first kappa shape index (κ1) is 31.5. The minimum atomic E-state index is -0.606. The molecule has 1 aliphatic carbocycles. The summed E-state index contributed by atoms with van der Waals surface area (Å²) in [5.74, 6) is -1.36. The van der Waals surface area contributed by atoms with Crippen LogP contribution in [0, 0.1) is 17.9 Å². The van der Waals surface area contributed by atoms with E-state index < -0.39 is 29.2 Å². The van der Waals surface area contributed by atoms with Crippen LogP contribution in [-0.2, 0) is 24.8 Å². The molecule has 0 saturated heterocycles. The van der Waals surface area contributed by atoms with E-state index in [0.29, 0.717) is 21.2 Å². The highest BCUT2D eigenvalue weighted by molar-refractivity contribution is 7.34. The molecule has 4 aliphatic rings. The Bertz CT molecular complexity index is 2460. The molecule has 4 amide bonds. The summed E-state index contributed by atoms with van der Waals surface area (Å²) < 4.78 is 8.99. The van der Waals surface area contributed by atoms with Gasteiger partial charge in [0.2, 0.25) is 0 Å². The number of aromatic nitrogens is 2. The lowest BCUT2D eigenvalue weighted by molar-refractivity contribution is -0.140. The second kappa shape index (κ2) is 11.1. The minimum absolute atomic E-state index is 0.0516. The number of thiazole rings is 2. The molecule has 0 atom stereocenters. The van der Waals surface area contributed by atoms with Crippen LogP contribution in [0.15, 0.2) is 33.6 Å². The molecule has 244 valence electrons. The summed E-state index contributed by atoms with van der Waals surface area (Å²) >= 11 is 6.02. The number of carbonyl (C=O) groups is 4. The summed E-state index contributed by atoms with van der Waals surface area (Å²) in [6, 6.07) is 1.94. The quantitative estimate of drug-likeness (QED) is 0.122. The second-order valence-corrected chi connectivity index (χ2v) is 16.3. The summed E-state index contributed by atoms with van der Waals surface area (Å²) in [7, 11) is 2.75. The lowest BCUT2D eigenvalue weighted by Gasteiger charge is -2.40. The Morgan fingerprint density at radius 3 is 2.02 bits per heavy atom. The summed E-state index contributed by atoms with van der Waals surface area (Å²) in [4.78, 5) is 69.8. The topological polar surface area (TPSA) is 138 Å². The van der Waals surface area contributed by atoms with E-state index >= 15 is 0 Å². The minimum Gasteiger partial charge on any atom is -0.479 e. The number of nitrogens with zero attached hydrogens (tertiary/aromatic N) is 6. The third kappa shape index (κ3) is 4.46.